The van der Waals surface area contributed by atoms with Gasteiger partial charge in [-0.25, -0.2) is 9.59 Å². The maximum absolute atomic E-state index is 9.10. The first-order valence-electron chi connectivity index (χ1n) is 1.11. The fourth-order valence-corrected chi connectivity index (χ4v) is 0. The van der Waals surface area contributed by atoms with Crippen molar-refractivity contribution in [2.45, 2.75) is 0 Å². The molecule has 0 bridgehead atoms. The van der Waals surface area contributed by atoms with Crippen molar-refractivity contribution in [1.29, 1.82) is 0 Å². The Kier molecular flexibility index (Phi) is 5.15. The van der Waals surface area contributed by atoms with E-state index in [-0.39, 0.29) is 18.6 Å². The third-order valence-corrected chi connectivity index (χ3v) is 0.183. The summed E-state index contributed by atoms with van der Waals surface area (Å²) in [7, 11) is 0. The van der Waals surface area contributed by atoms with E-state index < -0.39 is 11.9 Å². The molecule has 0 saturated carbocycles. The summed E-state index contributed by atoms with van der Waals surface area (Å²) >= 11 is 0. The fraction of sp³-hybridized carbons (Fsp3) is 0. The number of carboxylic acid groups (broad SMARTS) is 2. The van der Waals surface area contributed by atoms with Gasteiger partial charge in [0.05, 0.1) is 0 Å². The average Bonchev–Trinajstić information content (AvgIpc) is 1.36. The Morgan fingerprint density at radius 2 is 1.14 bits per heavy atom. The van der Waals surface area contributed by atoms with Gasteiger partial charge in [0.25, 0.3) is 0 Å². The normalized spacial score (nSPS) is 6.29. The van der Waals surface area contributed by atoms with Gasteiger partial charge < -0.3 is 10.2 Å². The van der Waals surface area contributed by atoms with Crippen LogP contribution in [0, 0.1) is 0 Å². The van der Waals surface area contributed by atoms with Crippen LogP contribution in [0.15, 0.2) is 0 Å². The maximum Gasteiger partial charge on any atom is 0.414 e. The van der Waals surface area contributed by atoms with E-state index >= 15 is 0 Å². The smallest absolute Gasteiger partial charge is 0.414 e. The molecule has 0 amide bonds. The molecule has 0 rings (SSSR count). The molecule has 0 heterocycles. The van der Waals surface area contributed by atoms with Gasteiger partial charge >= 0.3 is 11.9 Å². The first-order valence-corrected chi connectivity index (χ1v) is 1.11. The third-order valence-electron chi connectivity index (χ3n) is 0.183. The summed E-state index contributed by atoms with van der Waals surface area (Å²) in [6, 6.07) is 0. The SMILES string of the molecule is O=C(O)C(=O)O.[V]. The summed E-state index contributed by atoms with van der Waals surface area (Å²) in [6.45, 7) is 0. The van der Waals surface area contributed by atoms with Gasteiger partial charge in [0.15, 0.2) is 0 Å². The van der Waals surface area contributed by atoms with Crippen molar-refractivity contribution in [3.63, 3.8) is 0 Å². The Labute approximate surface area is 51.0 Å². The molecule has 39 valence electrons. The summed E-state index contributed by atoms with van der Waals surface area (Å²) in [5.41, 5.74) is 0. The topological polar surface area (TPSA) is 74.6 Å². The summed E-state index contributed by atoms with van der Waals surface area (Å²) in [5, 5.41) is 14.8. The molecule has 0 aliphatic heterocycles. The van der Waals surface area contributed by atoms with Crippen LogP contribution >= 0.6 is 0 Å². The molecule has 0 fully saturated rings. The number of carboxylic acids is 2. The third kappa shape index (κ3) is 5.52. The zero-order valence-electron chi connectivity index (χ0n) is 3.16. The van der Waals surface area contributed by atoms with Crippen LogP contribution in [0.3, 0.4) is 0 Å². The Hall–Kier alpha value is -0.476. The maximum atomic E-state index is 9.10. The van der Waals surface area contributed by atoms with E-state index in [0.717, 1.165) is 0 Å². The second-order valence-electron chi connectivity index (χ2n) is 0.610. The van der Waals surface area contributed by atoms with Gasteiger partial charge in [0.1, 0.15) is 0 Å². The van der Waals surface area contributed by atoms with Crippen LogP contribution in [0.1, 0.15) is 0 Å². The first kappa shape index (κ1) is 9.73. The van der Waals surface area contributed by atoms with Gasteiger partial charge in [0, 0.05) is 18.6 Å². The zero-order chi connectivity index (χ0) is 5.15. The molecular weight excluding hydrogens is 139 g/mol. The largest absolute Gasteiger partial charge is 0.473 e. The quantitative estimate of drug-likeness (QED) is 0.431. The van der Waals surface area contributed by atoms with E-state index in [1.54, 1.807) is 0 Å². The molecule has 1 radical (unpaired) electrons. The molecule has 0 spiro atoms. The number of hydrogen-bond acceptors (Lipinski definition) is 2. The molecule has 4 nitrogen and oxygen atoms in total. The van der Waals surface area contributed by atoms with E-state index in [0.29, 0.717) is 0 Å². The van der Waals surface area contributed by atoms with E-state index in [1.807, 2.05) is 0 Å². The predicted octanol–water partition coefficient (Wildman–Crippen LogP) is -0.847. The van der Waals surface area contributed by atoms with Crippen LogP contribution in [0.5, 0.6) is 0 Å². The van der Waals surface area contributed by atoms with Crippen LogP contribution in [-0.2, 0) is 28.1 Å². The molecule has 0 aliphatic rings. The van der Waals surface area contributed by atoms with Crippen molar-refractivity contribution >= 4 is 11.9 Å². The first-order chi connectivity index (χ1) is 2.64. The minimum Gasteiger partial charge on any atom is -0.473 e. The molecule has 0 unspecified atom stereocenters. The van der Waals surface area contributed by atoms with Gasteiger partial charge in [-0.1, -0.05) is 0 Å². The number of aliphatic carboxylic acids is 2. The van der Waals surface area contributed by atoms with Crippen molar-refractivity contribution in [1.82, 2.24) is 0 Å². The Balaban J connectivity index is 0. The minimum absolute atomic E-state index is 0. The van der Waals surface area contributed by atoms with Crippen LogP contribution in [0.4, 0.5) is 0 Å². The number of rotatable bonds is 0. The zero-order valence-corrected chi connectivity index (χ0v) is 4.55. The van der Waals surface area contributed by atoms with E-state index in [4.69, 9.17) is 19.8 Å². The molecule has 0 saturated heterocycles. The summed E-state index contributed by atoms with van der Waals surface area (Å²) in [5.74, 6) is -3.65. The average molecular weight is 141 g/mol. The molecule has 0 aromatic carbocycles. The monoisotopic (exact) mass is 141 g/mol. The van der Waals surface area contributed by atoms with Crippen molar-refractivity contribution < 1.29 is 38.4 Å². The van der Waals surface area contributed by atoms with Gasteiger partial charge in [-0.15, -0.1) is 0 Å². The van der Waals surface area contributed by atoms with Gasteiger partial charge in [-0.2, -0.15) is 0 Å². The summed E-state index contributed by atoms with van der Waals surface area (Å²) in [6.07, 6.45) is 0. The molecule has 0 atom stereocenters. The Morgan fingerprint density at radius 3 is 1.14 bits per heavy atom. The van der Waals surface area contributed by atoms with Crippen molar-refractivity contribution in [2.75, 3.05) is 0 Å². The van der Waals surface area contributed by atoms with Gasteiger partial charge in [0.2, 0.25) is 0 Å². The van der Waals surface area contributed by atoms with E-state index in [1.165, 1.54) is 0 Å². The van der Waals surface area contributed by atoms with Crippen molar-refractivity contribution in [3.8, 4) is 0 Å². The second-order valence-corrected chi connectivity index (χ2v) is 0.610. The van der Waals surface area contributed by atoms with Crippen molar-refractivity contribution in [2.24, 2.45) is 0 Å². The van der Waals surface area contributed by atoms with E-state index in [9.17, 15) is 0 Å². The summed E-state index contributed by atoms with van der Waals surface area (Å²) in [4.78, 5) is 18.2. The number of carbonyl (C=O) groups is 2. The summed E-state index contributed by atoms with van der Waals surface area (Å²) < 4.78 is 0. The second kappa shape index (κ2) is 3.71. The van der Waals surface area contributed by atoms with Crippen LogP contribution in [0.25, 0.3) is 0 Å². The molecule has 0 aliphatic carbocycles. The van der Waals surface area contributed by atoms with E-state index in [2.05, 4.69) is 0 Å². The molecule has 5 heteroatoms. The van der Waals surface area contributed by atoms with Crippen LogP contribution < -0.4 is 0 Å². The number of hydrogen-bond donors (Lipinski definition) is 2. The van der Waals surface area contributed by atoms with Crippen molar-refractivity contribution in [3.05, 3.63) is 0 Å². The predicted molar refractivity (Wildman–Crippen MR) is 15.3 cm³/mol. The van der Waals surface area contributed by atoms with Crippen LogP contribution in [0.2, 0.25) is 0 Å². The Bertz CT molecular complexity index is 75.7. The molecule has 7 heavy (non-hydrogen) atoms. The minimum atomic E-state index is -1.82. The standard InChI is InChI=1S/C2H2O4.V/c3-1(4)2(5)6;/h(H,3,4)(H,5,6);. The van der Waals surface area contributed by atoms with Gasteiger partial charge in [-0.3, -0.25) is 0 Å². The molecular formula is C2H2O4V. The molecule has 2 N–H and O–H groups in total. The molecule has 0 aromatic rings. The van der Waals surface area contributed by atoms with Crippen LogP contribution in [-0.4, -0.2) is 22.2 Å². The molecule has 0 aromatic heterocycles. The van der Waals surface area contributed by atoms with Gasteiger partial charge in [-0.05, 0) is 0 Å². The Morgan fingerprint density at radius 1 is 1.00 bits per heavy atom. The fourth-order valence-electron chi connectivity index (χ4n) is 0.